The van der Waals surface area contributed by atoms with Gasteiger partial charge in [-0.2, -0.15) is 0 Å². The van der Waals surface area contributed by atoms with E-state index in [-0.39, 0.29) is 22.6 Å². The van der Waals surface area contributed by atoms with Gasteiger partial charge in [0.1, 0.15) is 5.82 Å². The number of hydrogen-bond acceptors (Lipinski definition) is 4. The first-order chi connectivity index (χ1) is 16.6. The van der Waals surface area contributed by atoms with Crippen molar-refractivity contribution in [2.75, 3.05) is 24.6 Å². The van der Waals surface area contributed by atoms with Crippen molar-refractivity contribution < 1.29 is 26.0 Å². The molecule has 5 nitrogen and oxygen atoms in total. The van der Waals surface area contributed by atoms with Crippen LogP contribution in [0.25, 0.3) is 33.3 Å². The highest BCUT2D eigenvalue weighted by atomic mass is 32.2. The molecule has 5 rings (SSSR count). The fraction of sp³-hybridized carbons (Fsp3) is 0.240. The van der Waals surface area contributed by atoms with Gasteiger partial charge < -0.3 is 4.98 Å². The van der Waals surface area contributed by atoms with Crippen molar-refractivity contribution in [2.45, 2.75) is 13.5 Å². The van der Waals surface area contributed by atoms with Crippen molar-refractivity contribution in [1.29, 1.82) is 0 Å². The standard InChI is InChI=1S/C25H21F4N3O2S/c1-14-30-18-7-6-17(12-19(18)31-14)21-24(28)22(26)20(23(27)25(21)29)16-4-2-15(3-5-16)13-32-8-10-35(33,34)11-9-32/h2-7,12H,8-11,13H2,1H3,(H,30,31). The molecule has 0 aliphatic carbocycles. The summed E-state index contributed by atoms with van der Waals surface area (Å²) < 4.78 is 83.4. The number of halogens is 4. The average molecular weight is 504 g/mol. The van der Waals surface area contributed by atoms with Crippen molar-refractivity contribution in [3.05, 3.63) is 77.1 Å². The van der Waals surface area contributed by atoms with Crippen molar-refractivity contribution in [1.82, 2.24) is 14.9 Å². The van der Waals surface area contributed by atoms with Crippen LogP contribution in [0.15, 0.2) is 42.5 Å². The van der Waals surface area contributed by atoms with Crippen molar-refractivity contribution in [3.63, 3.8) is 0 Å². The molecule has 182 valence electrons. The fourth-order valence-electron chi connectivity index (χ4n) is 4.37. The van der Waals surface area contributed by atoms with Gasteiger partial charge >= 0.3 is 0 Å². The average Bonchev–Trinajstić information content (AvgIpc) is 3.20. The van der Waals surface area contributed by atoms with Gasteiger partial charge in [-0.05, 0) is 35.7 Å². The molecule has 1 saturated heterocycles. The van der Waals surface area contributed by atoms with Gasteiger partial charge in [-0.25, -0.2) is 31.0 Å². The van der Waals surface area contributed by atoms with E-state index < -0.39 is 44.2 Å². The molecular formula is C25H21F4N3O2S. The third kappa shape index (κ3) is 4.43. The lowest BCUT2D eigenvalue weighted by Crippen LogP contribution is -2.39. The first-order valence-electron chi connectivity index (χ1n) is 11.0. The summed E-state index contributed by atoms with van der Waals surface area (Å²) in [7, 11) is -3.00. The van der Waals surface area contributed by atoms with Gasteiger partial charge in [-0.1, -0.05) is 30.3 Å². The maximum absolute atomic E-state index is 15.1. The highest BCUT2D eigenvalue weighted by Crippen LogP contribution is 2.37. The summed E-state index contributed by atoms with van der Waals surface area (Å²) in [6.07, 6.45) is 0. The zero-order valence-electron chi connectivity index (χ0n) is 18.7. The molecule has 35 heavy (non-hydrogen) atoms. The van der Waals surface area contributed by atoms with Crippen LogP contribution in [0.4, 0.5) is 17.6 Å². The van der Waals surface area contributed by atoms with Crippen LogP contribution in [0.1, 0.15) is 11.4 Å². The van der Waals surface area contributed by atoms with E-state index in [0.717, 1.165) is 5.56 Å². The maximum atomic E-state index is 15.1. The Morgan fingerprint density at radius 1 is 0.857 bits per heavy atom. The van der Waals surface area contributed by atoms with Gasteiger partial charge in [0.2, 0.25) is 0 Å². The van der Waals surface area contributed by atoms with E-state index in [1.807, 2.05) is 4.90 Å². The first-order valence-corrected chi connectivity index (χ1v) is 12.8. The Hall–Kier alpha value is -3.24. The summed E-state index contributed by atoms with van der Waals surface area (Å²) in [5, 5.41) is 0. The number of benzene rings is 3. The smallest absolute Gasteiger partial charge is 0.170 e. The largest absolute Gasteiger partial charge is 0.342 e. The Kier molecular flexibility index (Phi) is 5.88. The van der Waals surface area contributed by atoms with Crippen LogP contribution in [0.2, 0.25) is 0 Å². The number of H-pyrrole nitrogens is 1. The lowest BCUT2D eigenvalue weighted by atomic mass is 9.96. The van der Waals surface area contributed by atoms with Crippen molar-refractivity contribution in [2.24, 2.45) is 0 Å². The molecule has 4 aromatic rings. The molecule has 0 spiro atoms. The number of hydrogen-bond donors (Lipinski definition) is 1. The molecule has 1 aliphatic rings. The van der Waals surface area contributed by atoms with Crippen LogP contribution in [-0.4, -0.2) is 47.9 Å². The molecule has 2 heterocycles. The van der Waals surface area contributed by atoms with Crippen molar-refractivity contribution in [3.8, 4) is 22.3 Å². The van der Waals surface area contributed by atoms with E-state index in [4.69, 9.17) is 0 Å². The van der Waals surface area contributed by atoms with Crippen LogP contribution in [-0.2, 0) is 16.4 Å². The molecule has 0 atom stereocenters. The minimum atomic E-state index is -3.00. The van der Waals surface area contributed by atoms with Gasteiger partial charge in [0.15, 0.2) is 33.1 Å². The summed E-state index contributed by atoms with van der Waals surface area (Å²) >= 11 is 0. The molecule has 0 saturated carbocycles. The topological polar surface area (TPSA) is 66.1 Å². The molecule has 0 radical (unpaired) electrons. The lowest BCUT2D eigenvalue weighted by Gasteiger charge is -2.26. The van der Waals surface area contributed by atoms with Crippen LogP contribution >= 0.6 is 0 Å². The summed E-state index contributed by atoms with van der Waals surface area (Å²) in [4.78, 5) is 9.11. The molecule has 1 N–H and O–H groups in total. The first kappa shape index (κ1) is 23.5. The Labute approximate surface area is 199 Å². The zero-order chi connectivity index (χ0) is 24.9. The quantitative estimate of drug-likeness (QED) is 0.315. The lowest BCUT2D eigenvalue weighted by molar-refractivity contribution is 0.287. The second kappa shape index (κ2) is 8.76. The monoisotopic (exact) mass is 503 g/mol. The predicted molar refractivity (Wildman–Crippen MR) is 125 cm³/mol. The molecule has 3 aromatic carbocycles. The normalized spacial score (nSPS) is 16.1. The third-order valence-electron chi connectivity index (χ3n) is 6.24. The fourth-order valence-corrected chi connectivity index (χ4v) is 5.65. The van der Waals surface area contributed by atoms with E-state index >= 15 is 17.6 Å². The summed E-state index contributed by atoms with van der Waals surface area (Å²) in [5.41, 5.74) is 0.261. The number of aromatic amines is 1. The van der Waals surface area contributed by atoms with Gasteiger partial charge in [0.25, 0.3) is 0 Å². The Morgan fingerprint density at radius 3 is 2.00 bits per heavy atom. The van der Waals surface area contributed by atoms with Crippen LogP contribution in [0, 0.1) is 30.2 Å². The molecule has 0 unspecified atom stereocenters. The minimum absolute atomic E-state index is 0.00559. The Balaban J connectivity index is 1.46. The Morgan fingerprint density at radius 2 is 1.40 bits per heavy atom. The predicted octanol–water partition coefficient (Wildman–Crippen LogP) is 4.99. The van der Waals surface area contributed by atoms with Gasteiger partial charge in [0, 0.05) is 19.6 Å². The molecule has 1 aliphatic heterocycles. The number of nitrogens with one attached hydrogen (secondary N) is 1. The highest BCUT2D eigenvalue weighted by Gasteiger charge is 2.27. The minimum Gasteiger partial charge on any atom is -0.342 e. The number of imidazole rings is 1. The molecule has 1 aromatic heterocycles. The number of nitrogens with zero attached hydrogens (tertiary/aromatic N) is 2. The maximum Gasteiger partial charge on any atom is 0.170 e. The number of aryl methyl sites for hydroxylation is 1. The van der Waals surface area contributed by atoms with E-state index in [0.29, 0.717) is 36.5 Å². The van der Waals surface area contributed by atoms with E-state index in [1.165, 1.54) is 30.3 Å². The van der Waals surface area contributed by atoms with Crippen LogP contribution in [0.5, 0.6) is 0 Å². The number of sulfone groups is 1. The second-order valence-corrected chi connectivity index (χ2v) is 11.0. The molecule has 0 amide bonds. The van der Waals surface area contributed by atoms with Crippen molar-refractivity contribution >= 4 is 20.9 Å². The number of aromatic nitrogens is 2. The number of rotatable bonds is 4. The Bertz CT molecular complexity index is 1510. The summed E-state index contributed by atoms with van der Waals surface area (Å²) in [6, 6.07) is 10.3. The molecule has 0 bridgehead atoms. The van der Waals surface area contributed by atoms with Crippen LogP contribution < -0.4 is 0 Å². The molecule has 10 heteroatoms. The summed E-state index contributed by atoms with van der Waals surface area (Å²) in [5.74, 6) is -5.15. The SMILES string of the molecule is Cc1nc2ccc(-c3c(F)c(F)c(-c4ccc(CN5CCS(=O)(=O)CC5)cc4)c(F)c3F)cc2[nH]1. The highest BCUT2D eigenvalue weighted by molar-refractivity contribution is 7.91. The third-order valence-corrected chi connectivity index (χ3v) is 7.85. The number of fused-ring (bicyclic) bond motifs is 1. The van der Waals surface area contributed by atoms with Gasteiger partial charge in [0.05, 0.1) is 33.7 Å². The summed E-state index contributed by atoms with van der Waals surface area (Å²) in [6.45, 7) is 2.97. The van der Waals surface area contributed by atoms with Gasteiger partial charge in [-0.15, -0.1) is 0 Å². The van der Waals surface area contributed by atoms with E-state index in [9.17, 15) is 8.42 Å². The van der Waals surface area contributed by atoms with E-state index in [2.05, 4.69) is 9.97 Å². The second-order valence-electron chi connectivity index (χ2n) is 8.68. The molecule has 1 fully saturated rings. The van der Waals surface area contributed by atoms with Crippen LogP contribution in [0.3, 0.4) is 0 Å². The van der Waals surface area contributed by atoms with Gasteiger partial charge in [-0.3, -0.25) is 4.90 Å². The van der Waals surface area contributed by atoms with E-state index in [1.54, 1.807) is 19.1 Å². The zero-order valence-corrected chi connectivity index (χ0v) is 19.5. The molecular weight excluding hydrogens is 482 g/mol.